The van der Waals surface area contributed by atoms with Crippen molar-refractivity contribution in [1.29, 1.82) is 0 Å². The Hall–Kier alpha value is -4.36. The number of rotatable bonds is 13. The van der Waals surface area contributed by atoms with Gasteiger partial charge in [-0.05, 0) is 87.3 Å². The van der Waals surface area contributed by atoms with E-state index < -0.39 is 53.6 Å². The number of carbonyl (C=O) groups excluding carboxylic acids is 4. The largest absolute Gasteiger partial charge is 0.460 e. The van der Waals surface area contributed by atoms with Crippen LogP contribution in [0, 0.1) is 5.92 Å². The van der Waals surface area contributed by atoms with Crippen molar-refractivity contribution in [2.24, 2.45) is 5.92 Å². The first-order chi connectivity index (χ1) is 26.3. The number of carbonyl (C=O) groups is 4. The van der Waals surface area contributed by atoms with E-state index in [-0.39, 0.29) is 44.7 Å². The third-order valence-corrected chi connectivity index (χ3v) is 10.9. The lowest BCUT2D eigenvalue weighted by atomic mass is 9.89. The molecule has 2 aromatic rings. The maximum atomic E-state index is 13.6. The zero-order valence-electron chi connectivity index (χ0n) is 31.8. The first-order valence-corrected chi connectivity index (χ1v) is 19.5. The molecule has 2 aliphatic heterocycles. The van der Waals surface area contributed by atoms with Crippen molar-refractivity contribution in [2.75, 3.05) is 13.2 Å². The Kier molecular flexibility index (Phi) is 11.6. The summed E-state index contributed by atoms with van der Waals surface area (Å²) in [7, 11) is 0. The van der Waals surface area contributed by atoms with Gasteiger partial charge in [-0.15, -0.1) is 0 Å². The fourth-order valence-electron chi connectivity index (χ4n) is 8.05. The lowest BCUT2D eigenvalue weighted by Crippen LogP contribution is -2.44. The zero-order valence-corrected chi connectivity index (χ0v) is 31.8. The van der Waals surface area contributed by atoms with Crippen LogP contribution in [0.2, 0.25) is 0 Å². The molecule has 2 saturated heterocycles. The van der Waals surface area contributed by atoms with Crippen LogP contribution in [0.15, 0.2) is 66.3 Å². The Morgan fingerprint density at radius 2 is 1.73 bits per heavy atom. The molecule has 7 atom stereocenters. The van der Waals surface area contributed by atoms with Crippen molar-refractivity contribution in [3.63, 3.8) is 0 Å². The van der Waals surface area contributed by atoms with Gasteiger partial charge in [0, 0.05) is 44.2 Å². The van der Waals surface area contributed by atoms with Crippen molar-refractivity contribution in [1.82, 2.24) is 10.6 Å². The minimum atomic E-state index is -0.935. The average molecular weight is 757 g/mol. The van der Waals surface area contributed by atoms with E-state index in [4.69, 9.17) is 23.7 Å². The molecular formula is C43H52N2O10. The summed E-state index contributed by atoms with van der Waals surface area (Å²) in [4.78, 5) is 51.8. The summed E-state index contributed by atoms with van der Waals surface area (Å²) in [5.41, 5.74) is 3.39. The molecule has 2 heterocycles. The first-order valence-electron chi connectivity index (χ1n) is 19.5. The minimum absolute atomic E-state index is 0.0256. The topological polar surface area (TPSA) is 162 Å². The fraction of sp³-hybridized carbons (Fsp3) is 0.535. The number of epoxide rings is 1. The number of aliphatic hydroxyl groups is 1. The molecular weight excluding hydrogens is 704 g/mol. The smallest absolute Gasteiger partial charge is 0.338 e. The number of aliphatic hydroxyl groups excluding tert-OH is 1. The average Bonchev–Trinajstić information content (AvgIpc) is 3.70. The molecule has 0 radical (unpaired) electrons. The maximum absolute atomic E-state index is 13.6. The van der Waals surface area contributed by atoms with Gasteiger partial charge in [-0.2, -0.15) is 0 Å². The van der Waals surface area contributed by atoms with E-state index >= 15 is 0 Å². The Morgan fingerprint density at radius 3 is 2.42 bits per heavy atom. The second-order valence-electron chi connectivity index (χ2n) is 16.4. The van der Waals surface area contributed by atoms with Crippen molar-refractivity contribution in [3.8, 4) is 0 Å². The molecule has 2 aromatic carbocycles. The number of amides is 2. The second kappa shape index (κ2) is 16.4. The van der Waals surface area contributed by atoms with Crippen molar-refractivity contribution < 1.29 is 48.0 Å². The van der Waals surface area contributed by atoms with Crippen LogP contribution in [0.3, 0.4) is 0 Å². The number of hydrogen-bond donors (Lipinski definition) is 3. The molecule has 1 saturated carbocycles. The SMILES string of the molecule is CC(C)(C)OC(=O)CCC(CO)NC(=O)CCNC(=O)C1=CC2OC3(Cc4ccccc4C3)OC2C(OC(=O)c2ccc(C=CC3CCC4OC4C3)cc2)C1. The minimum Gasteiger partial charge on any atom is -0.460 e. The Balaban J connectivity index is 0.960. The summed E-state index contributed by atoms with van der Waals surface area (Å²) >= 11 is 0. The van der Waals surface area contributed by atoms with Gasteiger partial charge in [0.15, 0.2) is 5.79 Å². The van der Waals surface area contributed by atoms with Gasteiger partial charge in [0.2, 0.25) is 11.8 Å². The van der Waals surface area contributed by atoms with Gasteiger partial charge in [0.05, 0.1) is 30.4 Å². The van der Waals surface area contributed by atoms with Gasteiger partial charge >= 0.3 is 11.9 Å². The lowest BCUT2D eigenvalue weighted by Gasteiger charge is -2.30. The maximum Gasteiger partial charge on any atom is 0.338 e. The van der Waals surface area contributed by atoms with Crippen LogP contribution in [0.25, 0.3) is 6.08 Å². The molecule has 294 valence electrons. The van der Waals surface area contributed by atoms with Crippen molar-refractivity contribution >= 4 is 29.8 Å². The van der Waals surface area contributed by atoms with Gasteiger partial charge in [0.1, 0.15) is 23.9 Å². The molecule has 3 N–H and O–H groups in total. The molecule has 1 spiro atoms. The zero-order chi connectivity index (χ0) is 38.7. The molecule has 0 bridgehead atoms. The summed E-state index contributed by atoms with van der Waals surface area (Å²) in [5.74, 6) is -2.17. The van der Waals surface area contributed by atoms with Gasteiger partial charge < -0.3 is 39.4 Å². The number of allylic oxidation sites excluding steroid dienone is 1. The van der Waals surface area contributed by atoms with Gasteiger partial charge in [0.25, 0.3) is 0 Å². The van der Waals surface area contributed by atoms with Crippen molar-refractivity contribution in [2.45, 2.75) is 127 Å². The number of benzene rings is 2. The normalized spacial score (nSPS) is 26.7. The molecule has 55 heavy (non-hydrogen) atoms. The Labute approximate surface area is 322 Å². The first kappa shape index (κ1) is 38.9. The van der Waals surface area contributed by atoms with Crippen LogP contribution in [0.5, 0.6) is 0 Å². The van der Waals surface area contributed by atoms with E-state index in [1.165, 1.54) is 0 Å². The highest BCUT2D eigenvalue weighted by Gasteiger charge is 2.55. The highest BCUT2D eigenvalue weighted by molar-refractivity contribution is 5.94. The van der Waals surface area contributed by atoms with E-state index in [2.05, 4.69) is 34.9 Å². The van der Waals surface area contributed by atoms with Gasteiger partial charge in [-0.3, -0.25) is 14.4 Å². The summed E-state index contributed by atoms with van der Waals surface area (Å²) in [6.45, 7) is 5.00. The van der Waals surface area contributed by atoms with Crippen LogP contribution < -0.4 is 10.6 Å². The van der Waals surface area contributed by atoms with Crippen molar-refractivity contribution in [3.05, 3.63) is 88.5 Å². The molecule has 5 aliphatic rings. The van der Waals surface area contributed by atoms with Gasteiger partial charge in [-0.1, -0.05) is 48.6 Å². The standard InChI is InChI=1S/C43H52N2O10/c1-42(2,3)54-38(48)17-15-32(25-46)45-37(47)18-19-44-40(49)31-21-35(39-36(22-31)53-43(55-39)23-29-6-4-5-7-30(29)24-43)52-41(50)28-13-10-26(11-14-28)8-9-27-12-16-33-34(20-27)51-33/h4-11,13-14,22,27,32-36,39,46H,12,15-21,23-25H2,1-3H3,(H,44,49)(H,45,47). The molecule has 7 rings (SSSR count). The van der Waals surface area contributed by atoms with Crippen LogP contribution in [0.1, 0.15) is 92.8 Å². The van der Waals surface area contributed by atoms with Crippen LogP contribution >= 0.6 is 0 Å². The van der Waals surface area contributed by atoms with Gasteiger partial charge in [-0.25, -0.2) is 4.79 Å². The quantitative estimate of drug-likeness (QED) is 0.196. The summed E-state index contributed by atoms with van der Waals surface area (Å²) < 4.78 is 30.2. The molecule has 3 fully saturated rings. The Bertz CT molecular complexity index is 1790. The third-order valence-electron chi connectivity index (χ3n) is 10.9. The van der Waals surface area contributed by atoms with E-state index in [0.717, 1.165) is 36.0 Å². The van der Waals surface area contributed by atoms with Crippen LogP contribution in [0.4, 0.5) is 0 Å². The number of hydrogen-bond acceptors (Lipinski definition) is 10. The second-order valence-corrected chi connectivity index (χ2v) is 16.4. The molecule has 3 aliphatic carbocycles. The predicted octanol–water partition coefficient (Wildman–Crippen LogP) is 4.51. The summed E-state index contributed by atoms with van der Waals surface area (Å²) in [5, 5.41) is 15.3. The third kappa shape index (κ3) is 9.91. The van der Waals surface area contributed by atoms with E-state index in [1.54, 1.807) is 39.0 Å². The lowest BCUT2D eigenvalue weighted by molar-refractivity contribution is -0.172. The fourth-order valence-corrected chi connectivity index (χ4v) is 8.05. The summed E-state index contributed by atoms with van der Waals surface area (Å²) in [6.07, 6.45) is 9.56. The number of nitrogens with one attached hydrogen (secondary N) is 2. The Morgan fingerprint density at radius 1 is 0.982 bits per heavy atom. The predicted molar refractivity (Wildman–Crippen MR) is 201 cm³/mol. The number of ether oxygens (including phenoxy) is 5. The van der Waals surface area contributed by atoms with E-state index in [0.29, 0.717) is 42.1 Å². The van der Waals surface area contributed by atoms with E-state index in [9.17, 15) is 24.3 Å². The monoisotopic (exact) mass is 756 g/mol. The molecule has 7 unspecified atom stereocenters. The molecule has 0 aromatic heterocycles. The van der Waals surface area contributed by atoms with Crippen LogP contribution in [-0.4, -0.2) is 90.0 Å². The molecule has 12 nitrogen and oxygen atoms in total. The number of fused-ring (bicyclic) bond motifs is 3. The highest BCUT2D eigenvalue weighted by atomic mass is 16.8. The molecule has 2 amide bonds. The summed E-state index contributed by atoms with van der Waals surface area (Å²) in [6, 6.07) is 14.7. The van der Waals surface area contributed by atoms with E-state index in [1.807, 2.05) is 24.3 Å². The van der Waals surface area contributed by atoms with Crippen LogP contribution in [-0.2, 0) is 50.9 Å². The highest BCUT2D eigenvalue weighted by Crippen LogP contribution is 2.45. The molecule has 12 heteroatoms. The number of esters is 2.